The van der Waals surface area contributed by atoms with E-state index in [0.717, 1.165) is 12.0 Å². The molecule has 1 saturated heterocycles. The zero-order valence-electron chi connectivity index (χ0n) is 12.4. The van der Waals surface area contributed by atoms with Crippen molar-refractivity contribution >= 4 is 0 Å². The Kier molecular flexibility index (Phi) is 7.14. The molecule has 0 aliphatic carbocycles. The molecule has 0 aromatic heterocycles. The van der Waals surface area contributed by atoms with Crippen LogP contribution in [0.3, 0.4) is 0 Å². The first-order valence-electron chi connectivity index (χ1n) is 7.67. The van der Waals surface area contributed by atoms with Crippen molar-refractivity contribution in [1.82, 2.24) is 9.80 Å². The summed E-state index contributed by atoms with van der Waals surface area (Å²) in [6, 6.07) is 0.852. The zero-order valence-corrected chi connectivity index (χ0v) is 12.4. The van der Waals surface area contributed by atoms with Crippen molar-refractivity contribution < 1.29 is 0 Å². The molecule has 1 heterocycles. The molecule has 1 unspecified atom stereocenters. The standard InChI is InChI=1S/C15H32N2/c1-5-14(4)8-11-16-12-9-15(10-13-16)17(6-2)7-3/h14-15H,5-13H2,1-4H3. The number of likely N-dealkylation sites (tertiary alicyclic amines) is 1. The van der Waals surface area contributed by atoms with E-state index < -0.39 is 0 Å². The van der Waals surface area contributed by atoms with Crippen LogP contribution in [0, 0.1) is 5.92 Å². The van der Waals surface area contributed by atoms with E-state index in [9.17, 15) is 0 Å². The molecule has 102 valence electrons. The molecule has 1 atom stereocenters. The first-order valence-corrected chi connectivity index (χ1v) is 7.67. The Morgan fingerprint density at radius 2 is 1.71 bits per heavy atom. The highest BCUT2D eigenvalue weighted by Gasteiger charge is 2.22. The Hall–Kier alpha value is -0.0800. The van der Waals surface area contributed by atoms with Gasteiger partial charge < -0.3 is 9.80 Å². The fourth-order valence-corrected chi connectivity index (χ4v) is 2.86. The third kappa shape index (κ3) is 4.97. The summed E-state index contributed by atoms with van der Waals surface area (Å²) < 4.78 is 0. The van der Waals surface area contributed by atoms with E-state index >= 15 is 0 Å². The molecule has 0 aromatic carbocycles. The van der Waals surface area contributed by atoms with Crippen LogP contribution in [0.5, 0.6) is 0 Å². The van der Waals surface area contributed by atoms with Crippen LogP contribution in [-0.4, -0.2) is 48.6 Å². The maximum Gasteiger partial charge on any atom is 0.0119 e. The summed E-state index contributed by atoms with van der Waals surface area (Å²) in [5.41, 5.74) is 0. The lowest BCUT2D eigenvalue weighted by Crippen LogP contribution is -2.45. The van der Waals surface area contributed by atoms with E-state index in [0.29, 0.717) is 0 Å². The van der Waals surface area contributed by atoms with Gasteiger partial charge in [0.05, 0.1) is 0 Å². The van der Waals surface area contributed by atoms with E-state index in [1.54, 1.807) is 0 Å². The maximum atomic E-state index is 2.67. The van der Waals surface area contributed by atoms with Crippen molar-refractivity contribution in [1.29, 1.82) is 0 Å². The van der Waals surface area contributed by atoms with Crippen LogP contribution in [0.15, 0.2) is 0 Å². The van der Waals surface area contributed by atoms with Gasteiger partial charge in [0.15, 0.2) is 0 Å². The molecule has 2 nitrogen and oxygen atoms in total. The summed E-state index contributed by atoms with van der Waals surface area (Å²) in [5, 5.41) is 0. The normalized spacial score (nSPS) is 21.0. The van der Waals surface area contributed by atoms with Crippen LogP contribution in [0.4, 0.5) is 0 Å². The Labute approximate surface area is 108 Å². The number of hydrogen-bond acceptors (Lipinski definition) is 2. The van der Waals surface area contributed by atoms with Gasteiger partial charge in [0.25, 0.3) is 0 Å². The zero-order chi connectivity index (χ0) is 12.7. The van der Waals surface area contributed by atoms with Gasteiger partial charge in [-0.15, -0.1) is 0 Å². The Morgan fingerprint density at radius 3 is 2.18 bits per heavy atom. The van der Waals surface area contributed by atoms with Gasteiger partial charge in [-0.2, -0.15) is 0 Å². The molecule has 0 aromatic rings. The van der Waals surface area contributed by atoms with Gasteiger partial charge in [-0.25, -0.2) is 0 Å². The summed E-state index contributed by atoms with van der Waals surface area (Å²) in [4.78, 5) is 5.30. The molecule has 1 rings (SSSR count). The number of rotatable bonds is 7. The average molecular weight is 240 g/mol. The largest absolute Gasteiger partial charge is 0.303 e. The third-order valence-electron chi connectivity index (χ3n) is 4.52. The lowest BCUT2D eigenvalue weighted by atomic mass is 10.0. The third-order valence-corrected chi connectivity index (χ3v) is 4.52. The molecule has 0 amide bonds. The molecule has 1 aliphatic rings. The molecular formula is C15H32N2. The number of nitrogens with zero attached hydrogens (tertiary/aromatic N) is 2. The SMILES string of the molecule is CCC(C)CCN1CCC(N(CC)CC)CC1. The molecule has 1 fully saturated rings. The predicted molar refractivity (Wildman–Crippen MR) is 76.5 cm³/mol. The minimum Gasteiger partial charge on any atom is -0.303 e. The smallest absolute Gasteiger partial charge is 0.0119 e. The molecule has 0 spiro atoms. The Balaban J connectivity index is 2.21. The van der Waals surface area contributed by atoms with Gasteiger partial charge >= 0.3 is 0 Å². The van der Waals surface area contributed by atoms with Crippen LogP contribution in [0.25, 0.3) is 0 Å². The monoisotopic (exact) mass is 240 g/mol. The highest BCUT2D eigenvalue weighted by atomic mass is 15.2. The molecule has 0 bridgehead atoms. The van der Waals surface area contributed by atoms with Gasteiger partial charge in [-0.1, -0.05) is 34.1 Å². The van der Waals surface area contributed by atoms with Gasteiger partial charge in [0.2, 0.25) is 0 Å². The van der Waals surface area contributed by atoms with Crippen molar-refractivity contribution in [3.05, 3.63) is 0 Å². The average Bonchev–Trinajstić information content (AvgIpc) is 2.38. The van der Waals surface area contributed by atoms with E-state index in [4.69, 9.17) is 0 Å². The Morgan fingerprint density at radius 1 is 1.12 bits per heavy atom. The number of piperidine rings is 1. The van der Waals surface area contributed by atoms with Gasteiger partial charge in [0, 0.05) is 6.04 Å². The quantitative estimate of drug-likeness (QED) is 0.674. The van der Waals surface area contributed by atoms with Crippen molar-refractivity contribution in [3.63, 3.8) is 0 Å². The molecular weight excluding hydrogens is 208 g/mol. The highest BCUT2D eigenvalue weighted by molar-refractivity contribution is 4.79. The minimum absolute atomic E-state index is 0.852. The van der Waals surface area contributed by atoms with Crippen LogP contribution in [0.2, 0.25) is 0 Å². The lowest BCUT2D eigenvalue weighted by molar-refractivity contribution is 0.113. The van der Waals surface area contributed by atoms with Crippen LogP contribution in [0.1, 0.15) is 53.4 Å². The second-order valence-electron chi connectivity index (χ2n) is 5.60. The fraction of sp³-hybridized carbons (Fsp3) is 1.00. The van der Waals surface area contributed by atoms with Crippen LogP contribution in [-0.2, 0) is 0 Å². The van der Waals surface area contributed by atoms with E-state index in [-0.39, 0.29) is 0 Å². The minimum atomic E-state index is 0.852. The van der Waals surface area contributed by atoms with Crippen LogP contribution < -0.4 is 0 Å². The first kappa shape index (κ1) is 15.0. The van der Waals surface area contributed by atoms with Crippen molar-refractivity contribution in [3.8, 4) is 0 Å². The molecule has 0 N–H and O–H groups in total. The van der Waals surface area contributed by atoms with Gasteiger partial charge in [0.1, 0.15) is 0 Å². The van der Waals surface area contributed by atoms with Gasteiger partial charge in [-0.05, 0) is 57.9 Å². The first-order chi connectivity index (χ1) is 8.21. The van der Waals surface area contributed by atoms with Gasteiger partial charge in [-0.3, -0.25) is 0 Å². The maximum absolute atomic E-state index is 2.67. The van der Waals surface area contributed by atoms with E-state index in [1.165, 1.54) is 58.4 Å². The lowest BCUT2D eigenvalue weighted by Gasteiger charge is -2.38. The van der Waals surface area contributed by atoms with E-state index in [1.807, 2.05) is 0 Å². The summed E-state index contributed by atoms with van der Waals surface area (Å²) in [6.07, 6.45) is 5.47. The van der Waals surface area contributed by atoms with Crippen molar-refractivity contribution in [2.75, 3.05) is 32.7 Å². The number of hydrogen-bond donors (Lipinski definition) is 0. The Bertz CT molecular complexity index is 181. The summed E-state index contributed by atoms with van der Waals surface area (Å²) in [5.74, 6) is 0.899. The molecule has 1 aliphatic heterocycles. The fourth-order valence-electron chi connectivity index (χ4n) is 2.86. The second kappa shape index (κ2) is 8.10. The summed E-state index contributed by atoms with van der Waals surface area (Å²) in [6.45, 7) is 15.6. The van der Waals surface area contributed by atoms with E-state index in [2.05, 4.69) is 37.5 Å². The molecule has 2 heteroatoms. The molecule has 17 heavy (non-hydrogen) atoms. The molecule has 0 radical (unpaired) electrons. The predicted octanol–water partition coefficient (Wildman–Crippen LogP) is 3.23. The summed E-state index contributed by atoms with van der Waals surface area (Å²) in [7, 11) is 0. The second-order valence-corrected chi connectivity index (χ2v) is 5.60. The summed E-state index contributed by atoms with van der Waals surface area (Å²) >= 11 is 0. The van der Waals surface area contributed by atoms with Crippen LogP contribution >= 0.6 is 0 Å². The van der Waals surface area contributed by atoms with Crippen molar-refractivity contribution in [2.24, 2.45) is 5.92 Å². The molecule has 0 saturated carbocycles. The van der Waals surface area contributed by atoms with Crippen molar-refractivity contribution in [2.45, 2.75) is 59.4 Å². The highest BCUT2D eigenvalue weighted by Crippen LogP contribution is 2.17. The topological polar surface area (TPSA) is 6.48 Å².